The summed E-state index contributed by atoms with van der Waals surface area (Å²) in [6, 6.07) is 7.53. The third-order valence-corrected chi connectivity index (χ3v) is 4.48. The van der Waals surface area contributed by atoms with Gasteiger partial charge in [-0.25, -0.2) is 22.5 Å². The van der Waals surface area contributed by atoms with Gasteiger partial charge in [-0.15, -0.1) is 0 Å². The summed E-state index contributed by atoms with van der Waals surface area (Å²) in [5.74, 6) is -2.56. The Morgan fingerprint density at radius 1 is 1.12 bits per heavy atom. The Morgan fingerprint density at radius 3 is 2.48 bits per heavy atom. The highest BCUT2D eigenvalue weighted by atomic mass is 79.9. The SMILES string of the molecule is COc1ccc(F)c(-c2c(Br)c(=O)n(C)n2-c2cccc(F)c2)c1F. The highest BCUT2D eigenvalue weighted by Crippen LogP contribution is 2.36. The van der Waals surface area contributed by atoms with Gasteiger partial charge in [0.1, 0.15) is 16.1 Å². The Hall–Kier alpha value is -2.48. The molecule has 0 bridgehead atoms. The molecule has 3 aromatic rings. The highest BCUT2D eigenvalue weighted by Gasteiger charge is 2.26. The molecule has 1 heterocycles. The van der Waals surface area contributed by atoms with Crippen molar-refractivity contribution in [3.63, 3.8) is 0 Å². The maximum Gasteiger partial charge on any atom is 0.281 e. The summed E-state index contributed by atoms with van der Waals surface area (Å²) >= 11 is 3.10. The minimum Gasteiger partial charge on any atom is -0.494 e. The number of ether oxygens (including phenoxy) is 1. The minimum atomic E-state index is -0.959. The first-order chi connectivity index (χ1) is 11.9. The van der Waals surface area contributed by atoms with Gasteiger partial charge in [0, 0.05) is 7.05 Å². The molecule has 0 aliphatic rings. The third-order valence-electron chi connectivity index (χ3n) is 3.77. The monoisotopic (exact) mass is 412 g/mol. The first-order valence-electron chi connectivity index (χ1n) is 7.12. The van der Waals surface area contributed by atoms with Gasteiger partial charge < -0.3 is 4.74 Å². The molecule has 0 radical (unpaired) electrons. The van der Waals surface area contributed by atoms with Crippen molar-refractivity contribution in [3.8, 4) is 22.7 Å². The molecule has 130 valence electrons. The topological polar surface area (TPSA) is 36.2 Å². The molecule has 0 aliphatic carbocycles. The summed E-state index contributed by atoms with van der Waals surface area (Å²) in [7, 11) is 2.66. The smallest absolute Gasteiger partial charge is 0.281 e. The van der Waals surface area contributed by atoms with E-state index in [-0.39, 0.29) is 21.6 Å². The Labute approximate surface area is 149 Å². The van der Waals surface area contributed by atoms with Gasteiger partial charge in [-0.3, -0.25) is 4.79 Å². The third kappa shape index (κ3) is 2.76. The van der Waals surface area contributed by atoms with E-state index in [1.807, 2.05) is 0 Å². The lowest BCUT2D eigenvalue weighted by Crippen LogP contribution is -2.18. The molecule has 0 amide bonds. The van der Waals surface area contributed by atoms with Crippen molar-refractivity contribution < 1.29 is 17.9 Å². The molecule has 0 saturated heterocycles. The van der Waals surface area contributed by atoms with Crippen LogP contribution in [0.1, 0.15) is 0 Å². The van der Waals surface area contributed by atoms with Crippen LogP contribution in [-0.2, 0) is 7.05 Å². The number of aromatic nitrogens is 2. The average molecular weight is 413 g/mol. The van der Waals surface area contributed by atoms with Gasteiger partial charge in [-0.05, 0) is 46.3 Å². The summed E-state index contributed by atoms with van der Waals surface area (Å²) in [6.07, 6.45) is 0. The summed E-state index contributed by atoms with van der Waals surface area (Å²) in [6.45, 7) is 0. The molecule has 3 rings (SSSR count). The van der Waals surface area contributed by atoms with Crippen LogP contribution in [0.25, 0.3) is 16.9 Å². The largest absolute Gasteiger partial charge is 0.494 e. The molecular formula is C17H12BrF3N2O2. The zero-order chi connectivity index (χ0) is 18.3. The van der Waals surface area contributed by atoms with Gasteiger partial charge in [0.2, 0.25) is 0 Å². The molecule has 0 unspecified atom stereocenters. The maximum atomic E-state index is 14.7. The number of halogens is 4. The quantitative estimate of drug-likeness (QED) is 0.650. The predicted molar refractivity (Wildman–Crippen MR) is 90.6 cm³/mol. The van der Waals surface area contributed by atoms with E-state index in [4.69, 9.17) is 4.74 Å². The van der Waals surface area contributed by atoms with E-state index in [9.17, 15) is 18.0 Å². The average Bonchev–Trinajstić information content (AvgIpc) is 2.80. The van der Waals surface area contributed by atoms with E-state index in [0.717, 1.165) is 22.9 Å². The molecule has 2 aromatic carbocycles. The molecular weight excluding hydrogens is 401 g/mol. The van der Waals surface area contributed by atoms with Gasteiger partial charge in [-0.2, -0.15) is 0 Å². The van der Waals surface area contributed by atoms with Crippen LogP contribution in [0.2, 0.25) is 0 Å². The van der Waals surface area contributed by atoms with Gasteiger partial charge in [0.05, 0.1) is 24.1 Å². The predicted octanol–water partition coefficient (Wildman–Crippen LogP) is 4.03. The summed E-state index contributed by atoms with van der Waals surface area (Å²) in [4.78, 5) is 12.3. The van der Waals surface area contributed by atoms with Gasteiger partial charge in [0.25, 0.3) is 5.56 Å². The Bertz CT molecular complexity index is 1030. The van der Waals surface area contributed by atoms with Crippen molar-refractivity contribution in [2.45, 2.75) is 0 Å². The van der Waals surface area contributed by atoms with Crippen LogP contribution in [0.15, 0.2) is 45.7 Å². The normalized spacial score (nSPS) is 11.0. The second-order valence-electron chi connectivity index (χ2n) is 5.22. The van der Waals surface area contributed by atoms with Crippen LogP contribution >= 0.6 is 15.9 Å². The van der Waals surface area contributed by atoms with Crippen LogP contribution in [0.5, 0.6) is 5.75 Å². The number of hydrogen-bond acceptors (Lipinski definition) is 2. The fourth-order valence-corrected chi connectivity index (χ4v) is 3.23. The first kappa shape index (κ1) is 17.3. The lowest BCUT2D eigenvalue weighted by molar-refractivity contribution is 0.385. The van der Waals surface area contributed by atoms with E-state index in [1.165, 1.54) is 37.0 Å². The minimum absolute atomic E-state index is 0.0506. The number of methoxy groups -OCH3 is 1. The van der Waals surface area contributed by atoms with Gasteiger partial charge >= 0.3 is 0 Å². The molecule has 4 nitrogen and oxygen atoms in total. The molecule has 0 atom stereocenters. The van der Waals surface area contributed by atoms with Crippen LogP contribution in [-0.4, -0.2) is 16.5 Å². The van der Waals surface area contributed by atoms with E-state index in [2.05, 4.69) is 15.9 Å². The molecule has 8 heteroatoms. The lowest BCUT2D eigenvalue weighted by atomic mass is 10.1. The van der Waals surface area contributed by atoms with E-state index in [0.29, 0.717) is 0 Å². The Morgan fingerprint density at radius 2 is 1.84 bits per heavy atom. The summed E-state index contributed by atoms with van der Waals surface area (Å²) in [5, 5.41) is 0. The van der Waals surface area contributed by atoms with E-state index >= 15 is 0 Å². The van der Waals surface area contributed by atoms with Crippen molar-refractivity contribution in [3.05, 3.63) is 68.7 Å². The highest BCUT2D eigenvalue weighted by molar-refractivity contribution is 9.10. The Balaban J connectivity index is 2.43. The van der Waals surface area contributed by atoms with E-state index < -0.39 is 28.6 Å². The number of benzene rings is 2. The summed E-state index contributed by atoms with van der Waals surface area (Å²) < 4.78 is 50.0. The number of hydrogen-bond donors (Lipinski definition) is 0. The van der Waals surface area contributed by atoms with Crippen molar-refractivity contribution in [1.29, 1.82) is 0 Å². The van der Waals surface area contributed by atoms with Gasteiger partial charge in [0.15, 0.2) is 11.6 Å². The van der Waals surface area contributed by atoms with Crippen molar-refractivity contribution >= 4 is 15.9 Å². The molecule has 0 fully saturated rings. The molecule has 0 spiro atoms. The molecule has 25 heavy (non-hydrogen) atoms. The van der Waals surface area contributed by atoms with Gasteiger partial charge in [-0.1, -0.05) is 6.07 Å². The van der Waals surface area contributed by atoms with Crippen LogP contribution in [0.4, 0.5) is 13.2 Å². The van der Waals surface area contributed by atoms with Crippen molar-refractivity contribution in [2.24, 2.45) is 7.05 Å². The fraction of sp³-hybridized carbons (Fsp3) is 0.118. The van der Waals surface area contributed by atoms with E-state index in [1.54, 1.807) is 0 Å². The molecule has 0 N–H and O–H groups in total. The van der Waals surface area contributed by atoms with Crippen molar-refractivity contribution in [2.75, 3.05) is 7.11 Å². The Kier molecular flexibility index (Phi) is 4.47. The molecule has 1 aromatic heterocycles. The van der Waals surface area contributed by atoms with Crippen LogP contribution in [0, 0.1) is 17.5 Å². The number of rotatable bonds is 3. The zero-order valence-corrected chi connectivity index (χ0v) is 14.8. The fourth-order valence-electron chi connectivity index (χ4n) is 2.61. The zero-order valence-electron chi connectivity index (χ0n) is 13.2. The summed E-state index contributed by atoms with van der Waals surface area (Å²) in [5.41, 5.74) is -0.817. The van der Waals surface area contributed by atoms with Crippen molar-refractivity contribution in [1.82, 2.24) is 9.36 Å². The standard InChI is InChI=1S/C17H12BrF3N2O2/c1-22-17(24)14(18)16(23(22)10-5-3-4-9(19)8-10)13-11(20)6-7-12(25-2)15(13)21/h3-8H,1-2H3. The van der Waals surface area contributed by atoms with Crippen LogP contribution < -0.4 is 10.3 Å². The van der Waals surface area contributed by atoms with Crippen LogP contribution in [0.3, 0.4) is 0 Å². The molecule has 0 saturated carbocycles. The molecule has 0 aliphatic heterocycles. The lowest BCUT2D eigenvalue weighted by Gasteiger charge is -2.15. The first-order valence-corrected chi connectivity index (χ1v) is 7.92. The maximum absolute atomic E-state index is 14.7. The second-order valence-corrected chi connectivity index (χ2v) is 6.01. The second kappa shape index (κ2) is 6.44. The number of nitrogens with zero attached hydrogens (tertiary/aromatic N) is 2.